The monoisotopic (exact) mass is 515 g/mol. The Morgan fingerprint density at radius 3 is 2.50 bits per heavy atom. The molecule has 198 valence electrons. The van der Waals surface area contributed by atoms with E-state index in [2.05, 4.69) is 24.5 Å². The van der Waals surface area contributed by atoms with E-state index in [1.165, 1.54) is 0 Å². The molecule has 0 saturated carbocycles. The molecule has 8 heteroatoms. The van der Waals surface area contributed by atoms with Gasteiger partial charge in [-0.05, 0) is 37.2 Å². The van der Waals surface area contributed by atoms with Gasteiger partial charge in [0.25, 0.3) is 0 Å². The molecule has 3 amide bonds. The molecule has 1 aromatic carbocycles. The van der Waals surface area contributed by atoms with Gasteiger partial charge in [0, 0.05) is 18.3 Å². The van der Waals surface area contributed by atoms with Crippen LogP contribution < -0.4 is 10.6 Å². The van der Waals surface area contributed by atoms with Crippen LogP contribution in [0.15, 0.2) is 30.3 Å². The van der Waals surface area contributed by atoms with Crippen LogP contribution in [0.4, 0.5) is 0 Å². The lowest BCUT2D eigenvalue weighted by atomic mass is 9.66. The lowest BCUT2D eigenvalue weighted by molar-refractivity contribution is -0.142. The minimum absolute atomic E-state index is 0.0325. The highest BCUT2D eigenvalue weighted by atomic mass is 32.2. The Bertz CT molecular complexity index is 944. The first kappa shape index (κ1) is 27.0. The van der Waals surface area contributed by atoms with Crippen molar-refractivity contribution in [1.82, 2.24) is 15.5 Å². The van der Waals surface area contributed by atoms with Gasteiger partial charge in [-0.1, -0.05) is 63.9 Å². The Balaban J connectivity index is 1.70. The maximum Gasteiger partial charge on any atom is 0.244 e. The minimum Gasteiger partial charge on any atom is -0.394 e. The zero-order valence-electron chi connectivity index (χ0n) is 21.7. The SMILES string of the molecule is CCCCCNC(=O)C1N([C@@H](CO)Cc2ccccc2)C(=O)[C@@H]2[C@@H](C(=O)NCCC)[C@H]3CC(C)C12S3. The highest BCUT2D eigenvalue weighted by Crippen LogP contribution is 2.68. The van der Waals surface area contributed by atoms with Crippen LogP contribution in [0.1, 0.15) is 58.4 Å². The standard InChI is InChI=1S/C28H41N3O4S/c1-4-6-10-14-30-26(34)24-28-18(3)15-21(36-28)22(25(33)29-13-5-2)23(28)27(35)31(24)20(17-32)16-19-11-8-7-9-12-19/h7-9,11-12,18,20-24,32H,4-6,10,13-17H2,1-3H3,(H,29,33)(H,30,34)/t18?,20-,21-,22+,23+,24?,28?/m1/s1. The summed E-state index contributed by atoms with van der Waals surface area (Å²) in [5, 5.41) is 16.7. The predicted molar refractivity (Wildman–Crippen MR) is 142 cm³/mol. The zero-order valence-corrected chi connectivity index (χ0v) is 22.6. The van der Waals surface area contributed by atoms with Crippen LogP contribution >= 0.6 is 11.8 Å². The average Bonchev–Trinajstić information content (AvgIpc) is 3.48. The Labute approximate surface area is 219 Å². The Kier molecular flexibility index (Phi) is 8.66. The van der Waals surface area contributed by atoms with E-state index in [1.54, 1.807) is 16.7 Å². The number of hydrogen-bond donors (Lipinski definition) is 3. The summed E-state index contributed by atoms with van der Waals surface area (Å²) in [6.45, 7) is 7.16. The molecule has 3 N–H and O–H groups in total. The third-order valence-corrected chi connectivity index (χ3v) is 10.4. The van der Waals surface area contributed by atoms with Crippen LogP contribution in [0, 0.1) is 17.8 Å². The number of unbranched alkanes of at least 4 members (excludes halogenated alkanes) is 2. The summed E-state index contributed by atoms with van der Waals surface area (Å²) in [5.74, 6) is -1.26. The highest BCUT2D eigenvalue weighted by Gasteiger charge is 2.76. The Hall–Kier alpha value is -2.06. The van der Waals surface area contributed by atoms with Gasteiger partial charge < -0.3 is 20.6 Å². The zero-order chi connectivity index (χ0) is 25.9. The van der Waals surface area contributed by atoms with E-state index in [1.807, 2.05) is 37.3 Å². The number of carbonyl (C=O) groups is 3. The summed E-state index contributed by atoms with van der Waals surface area (Å²) in [4.78, 5) is 43.0. The van der Waals surface area contributed by atoms with E-state index in [-0.39, 0.29) is 35.5 Å². The fourth-order valence-electron chi connectivity index (χ4n) is 6.64. The molecule has 3 fully saturated rings. The number of aliphatic hydroxyl groups excluding tert-OH is 1. The maximum absolute atomic E-state index is 14.2. The number of amides is 3. The number of carbonyl (C=O) groups excluding carboxylic acids is 3. The number of benzene rings is 1. The van der Waals surface area contributed by atoms with Crippen molar-refractivity contribution in [3.05, 3.63) is 35.9 Å². The van der Waals surface area contributed by atoms with Crippen LogP contribution in [-0.4, -0.2) is 69.5 Å². The quantitative estimate of drug-likeness (QED) is 0.372. The van der Waals surface area contributed by atoms with E-state index in [9.17, 15) is 19.5 Å². The first-order valence-corrected chi connectivity index (χ1v) is 14.5. The normalized spacial score (nSPS) is 31.4. The summed E-state index contributed by atoms with van der Waals surface area (Å²) in [6, 6.07) is 8.54. The first-order chi connectivity index (χ1) is 17.4. The van der Waals surface area contributed by atoms with Crippen LogP contribution in [0.25, 0.3) is 0 Å². The molecule has 7 atom stereocenters. The van der Waals surface area contributed by atoms with Gasteiger partial charge in [0.05, 0.1) is 29.2 Å². The second-order valence-corrected chi connectivity index (χ2v) is 12.2. The van der Waals surface area contributed by atoms with Crippen molar-refractivity contribution in [2.24, 2.45) is 17.8 Å². The largest absolute Gasteiger partial charge is 0.394 e. The Morgan fingerprint density at radius 2 is 1.83 bits per heavy atom. The molecular weight excluding hydrogens is 474 g/mol. The summed E-state index contributed by atoms with van der Waals surface area (Å²) in [7, 11) is 0. The van der Waals surface area contributed by atoms with Crippen molar-refractivity contribution in [3.8, 4) is 0 Å². The molecule has 36 heavy (non-hydrogen) atoms. The lowest BCUT2D eigenvalue weighted by Gasteiger charge is -2.40. The Morgan fingerprint density at radius 1 is 1.11 bits per heavy atom. The third kappa shape index (κ3) is 4.67. The molecule has 0 radical (unpaired) electrons. The number of aliphatic hydroxyl groups is 1. The number of nitrogens with one attached hydrogen (secondary N) is 2. The third-order valence-electron chi connectivity index (χ3n) is 8.28. The summed E-state index contributed by atoms with van der Waals surface area (Å²) in [6.07, 6.45) is 5.08. The van der Waals surface area contributed by atoms with Crippen molar-refractivity contribution in [2.75, 3.05) is 19.7 Å². The number of likely N-dealkylation sites (tertiary alicyclic amines) is 1. The molecule has 1 spiro atoms. The van der Waals surface area contributed by atoms with Crippen molar-refractivity contribution in [2.45, 2.75) is 81.4 Å². The molecule has 4 rings (SSSR count). The van der Waals surface area contributed by atoms with Crippen molar-refractivity contribution >= 4 is 29.5 Å². The minimum atomic E-state index is -0.702. The van der Waals surface area contributed by atoms with E-state index >= 15 is 0 Å². The molecule has 3 aliphatic rings. The number of nitrogens with zero attached hydrogens (tertiary/aromatic N) is 1. The summed E-state index contributed by atoms with van der Waals surface area (Å²) in [5.41, 5.74) is 1.00. The van der Waals surface area contributed by atoms with Gasteiger partial charge in [0.1, 0.15) is 6.04 Å². The summed E-state index contributed by atoms with van der Waals surface area (Å²) >= 11 is 1.68. The molecule has 3 heterocycles. The van der Waals surface area contributed by atoms with E-state index < -0.39 is 28.7 Å². The fraction of sp³-hybridized carbons (Fsp3) is 0.679. The van der Waals surface area contributed by atoms with Crippen LogP contribution in [-0.2, 0) is 20.8 Å². The van der Waals surface area contributed by atoms with E-state index in [0.29, 0.717) is 19.5 Å². The molecule has 1 aromatic rings. The van der Waals surface area contributed by atoms with E-state index in [0.717, 1.165) is 37.7 Å². The highest BCUT2D eigenvalue weighted by molar-refractivity contribution is 8.02. The number of hydrogen-bond acceptors (Lipinski definition) is 5. The topological polar surface area (TPSA) is 98.7 Å². The van der Waals surface area contributed by atoms with Gasteiger partial charge >= 0.3 is 0 Å². The maximum atomic E-state index is 14.2. The molecular formula is C28H41N3O4S. The molecule has 3 aliphatic heterocycles. The molecule has 0 aromatic heterocycles. The van der Waals surface area contributed by atoms with Crippen LogP contribution in [0.5, 0.6) is 0 Å². The number of fused-ring (bicyclic) bond motifs is 1. The molecule has 0 aliphatic carbocycles. The number of thioether (sulfide) groups is 1. The second kappa shape index (κ2) is 11.5. The second-order valence-electron chi connectivity index (χ2n) is 10.6. The van der Waals surface area contributed by atoms with Gasteiger partial charge in [-0.2, -0.15) is 0 Å². The van der Waals surface area contributed by atoms with Gasteiger partial charge in [-0.15, -0.1) is 11.8 Å². The van der Waals surface area contributed by atoms with Crippen LogP contribution in [0.2, 0.25) is 0 Å². The summed E-state index contributed by atoms with van der Waals surface area (Å²) < 4.78 is -0.658. The van der Waals surface area contributed by atoms with Gasteiger partial charge in [-0.25, -0.2) is 0 Å². The predicted octanol–water partition coefficient (Wildman–Crippen LogP) is 2.76. The van der Waals surface area contributed by atoms with E-state index in [4.69, 9.17) is 0 Å². The average molecular weight is 516 g/mol. The lowest BCUT2D eigenvalue weighted by Crippen LogP contribution is -2.59. The van der Waals surface area contributed by atoms with Gasteiger partial charge in [0.2, 0.25) is 17.7 Å². The van der Waals surface area contributed by atoms with Crippen molar-refractivity contribution < 1.29 is 19.5 Å². The number of rotatable bonds is 12. The fourth-order valence-corrected chi connectivity index (χ4v) is 9.05. The van der Waals surface area contributed by atoms with Gasteiger partial charge in [-0.3, -0.25) is 14.4 Å². The van der Waals surface area contributed by atoms with Crippen LogP contribution in [0.3, 0.4) is 0 Å². The molecule has 2 bridgehead atoms. The first-order valence-electron chi connectivity index (χ1n) is 13.6. The molecule has 3 saturated heterocycles. The molecule has 3 unspecified atom stereocenters. The van der Waals surface area contributed by atoms with Crippen molar-refractivity contribution in [1.29, 1.82) is 0 Å². The smallest absolute Gasteiger partial charge is 0.244 e. The molecule has 7 nitrogen and oxygen atoms in total. The van der Waals surface area contributed by atoms with Crippen molar-refractivity contribution in [3.63, 3.8) is 0 Å². The van der Waals surface area contributed by atoms with Gasteiger partial charge in [0.15, 0.2) is 0 Å².